The molecule has 1 rings (SSSR count). The van der Waals surface area contributed by atoms with Gasteiger partial charge in [0, 0.05) is 30.0 Å². The number of hydrogen-bond acceptors (Lipinski definition) is 3. The van der Waals surface area contributed by atoms with E-state index >= 15 is 0 Å². The van der Waals surface area contributed by atoms with E-state index in [1.165, 1.54) is 6.21 Å². The molecule has 0 aromatic rings. The predicted octanol–water partition coefficient (Wildman–Crippen LogP) is 2.16. The van der Waals surface area contributed by atoms with Crippen molar-refractivity contribution in [2.45, 2.75) is 18.6 Å². The molecule has 66 valence electrons. The van der Waals surface area contributed by atoms with Gasteiger partial charge in [-0.05, 0) is 25.0 Å². The van der Waals surface area contributed by atoms with Crippen molar-refractivity contribution in [3.8, 4) is 0 Å². The third-order valence-electron chi connectivity index (χ3n) is 2.04. The van der Waals surface area contributed by atoms with Gasteiger partial charge in [-0.1, -0.05) is 0 Å². The van der Waals surface area contributed by atoms with E-state index in [9.17, 15) is 0 Å². The molecule has 0 aromatic carbocycles. The van der Waals surface area contributed by atoms with Gasteiger partial charge in [-0.3, -0.25) is 4.99 Å². The monoisotopic (exact) mass is 182 g/mol. The number of allylic oxidation sites excluding steroid dienone is 1. The van der Waals surface area contributed by atoms with Crippen LogP contribution in [-0.2, 0) is 0 Å². The lowest BCUT2D eigenvalue weighted by Gasteiger charge is -2.08. The molecule has 1 aliphatic heterocycles. The van der Waals surface area contributed by atoms with Crippen LogP contribution in [0, 0.1) is 5.41 Å². The quantitative estimate of drug-likeness (QED) is 0.527. The highest BCUT2D eigenvalue weighted by molar-refractivity contribution is 8.08. The molecule has 0 aliphatic carbocycles. The van der Waals surface area contributed by atoms with Gasteiger partial charge in [-0.2, -0.15) is 0 Å². The zero-order valence-corrected chi connectivity index (χ0v) is 8.53. The van der Waals surface area contributed by atoms with Crippen LogP contribution in [0.3, 0.4) is 0 Å². The molecule has 0 amide bonds. The van der Waals surface area contributed by atoms with Gasteiger partial charge in [-0.15, -0.1) is 11.8 Å². The molecule has 2 nitrogen and oxygen atoms in total. The second-order valence-electron chi connectivity index (χ2n) is 3.15. The van der Waals surface area contributed by atoms with Crippen LogP contribution in [0.15, 0.2) is 16.1 Å². The molecule has 0 bridgehead atoms. The number of nitrogens with one attached hydrogen (secondary N) is 1. The molecule has 1 atom stereocenters. The van der Waals surface area contributed by atoms with Gasteiger partial charge in [0.2, 0.25) is 0 Å². The summed E-state index contributed by atoms with van der Waals surface area (Å²) < 4.78 is 0.201. The summed E-state index contributed by atoms with van der Waals surface area (Å²) in [6.45, 7) is 4.18. The number of aliphatic imine (C=N–C) groups is 1. The summed E-state index contributed by atoms with van der Waals surface area (Å²) in [5.74, 6) is 1.13. The number of rotatable bonds is 3. The van der Waals surface area contributed by atoms with Crippen LogP contribution in [0.4, 0.5) is 0 Å². The van der Waals surface area contributed by atoms with Gasteiger partial charge in [0.15, 0.2) is 0 Å². The first-order valence-electron chi connectivity index (χ1n) is 3.92. The van der Waals surface area contributed by atoms with Crippen molar-refractivity contribution < 1.29 is 0 Å². The summed E-state index contributed by atoms with van der Waals surface area (Å²) in [6, 6.07) is 0. The minimum absolute atomic E-state index is 0.201. The predicted molar refractivity (Wildman–Crippen MR) is 56.8 cm³/mol. The molecular weight excluding hydrogens is 168 g/mol. The lowest BCUT2D eigenvalue weighted by atomic mass is 9.99. The first-order valence-corrected chi connectivity index (χ1v) is 4.90. The molecule has 1 aliphatic rings. The molecule has 0 aromatic heterocycles. The Bertz CT molecular complexity index is 249. The largest absolute Gasteiger partial charge is 0.308 e. The van der Waals surface area contributed by atoms with Crippen LogP contribution in [0.5, 0.6) is 0 Å². The maximum absolute atomic E-state index is 7.31. The summed E-state index contributed by atoms with van der Waals surface area (Å²) in [5.41, 5.74) is 2.22. The highest BCUT2D eigenvalue weighted by atomic mass is 32.2. The van der Waals surface area contributed by atoms with Crippen molar-refractivity contribution in [1.82, 2.24) is 0 Å². The molecule has 0 spiro atoms. The summed E-state index contributed by atoms with van der Waals surface area (Å²) in [7, 11) is 1.76. The molecule has 12 heavy (non-hydrogen) atoms. The van der Waals surface area contributed by atoms with E-state index in [0.29, 0.717) is 0 Å². The van der Waals surface area contributed by atoms with E-state index in [2.05, 4.69) is 11.9 Å². The van der Waals surface area contributed by atoms with E-state index in [1.807, 2.05) is 24.9 Å². The Labute approximate surface area is 77.7 Å². The standard InChI is InChI=1S/C9H14N2S/c1-7(5-11-3)8(4-10)9(2)6-12-9/h4-5,10H,6H2,1-3H3/b8-7+,10-4?,11-5?. The highest BCUT2D eigenvalue weighted by Crippen LogP contribution is 2.49. The molecule has 0 radical (unpaired) electrons. The average Bonchev–Trinajstić information content (AvgIpc) is 2.70. The third kappa shape index (κ3) is 1.78. The third-order valence-corrected chi connectivity index (χ3v) is 3.41. The van der Waals surface area contributed by atoms with Crippen molar-refractivity contribution in [2.24, 2.45) is 4.99 Å². The normalized spacial score (nSPS) is 30.2. The van der Waals surface area contributed by atoms with Gasteiger partial charge in [0.1, 0.15) is 0 Å². The highest BCUT2D eigenvalue weighted by Gasteiger charge is 2.42. The Morgan fingerprint density at radius 2 is 2.25 bits per heavy atom. The fourth-order valence-electron chi connectivity index (χ4n) is 1.21. The minimum Gasteiger partial charge on any atom is -0.308 e. The molecular formula is C9H14N2S. The summed E-state index contributed by atoms with van der Waals surface area (Å²) in [5, 5.41) is 7.31. The van der Waals surface area contributed by atoms with Crippen LogP contribution in [0.2, 0.25) is 0 Å². The second kappa shape index (κ2) is 3.44. The zero-order valence-electron chi connectivity index (χ0n) is 7.72. The van der Waals surface area contributed by atoms with Crippen LogP contribution in [-0.4, -0.2) is 30.0 Å². The van der Waals surface area contributed by atoms with Gasteiger partial charge in [0.05, 0.1) is 0 Å². The van der Waals surface area contributed by atoms with Gasteiger partial charge >= 0.3 is 0 Å². The van der Waals surface area contributed by atoms with Crippen molar-refractivity contribution in [3.05, 3.63) is 11.1 Å². The van der Waals surface area contributed by atoms with E-state index in [0.717, 1.165) is 16.9 Å². The zero-order chi connectivity index (χ0) is 9.19. The fraction of sp³-hybridized carbons (Fsp3) is 0.556. The smallest absolute Gasteiger partial charge is 0.0489 e. The van der Waals surface area contributed by atoms with Crippen LogP contribution < -0.4 is 0 Å². The lowest BCUT2D eigenvalue weighted by molar-refractivity contribution is 0.971. The molecule has 1 saturated heterocycles. The molecule has 1 fully saturated rings. The number of nitrogens with zero attached hydrogens (tertiary/aromatic N) is 1. The molecule has 1 unspecified atom stereocenters. The van der Waals surface area contributed by atoms with Crippen molar-refractivity contribution in [3.63, 3.8) is 0 Å². The molecule has 3 heteroatoms. The van der Waals surface area contributed by atoms with Gasteiger partial charge in [-0.25, -0.2) is 0 Å². The maximum Gasteiger partial charge on any atom is 0.0489 e. The van der Waals surface area contributed by atoms with Crippen LogP contribution in [0.25, 0.3) is 0 Å². The van der Waals surface area contributed by atoms with Gasteiger partial charge in [0.25, 0.3) is 0 Å². The van der Waals surface area contributed by atoms with E-state index in [1.54, 1.807) is 7.05 Å². The Morgan fingerprint density at radius 1 is 1.67 bits per heavy atom. The summed E-state index contributed by atoms with van der Waals surface area (Å²) in [4.78, 5) is 3.95. The minimum atomic E-state index is 0.201. The average molecular weight is 182 g/mol. The van der Waals surface area contributed by atoms with Crippen molar-refractivity contribution in [1.29, 1.82) is 5.41 Å². The summed E-state index contributed by atoms with van der Waals surface area (Å²) in [6.07, 6.45) is 3.28. The Kier molecular flexibility index (Phi) is 2.73. The van der Waals surface area contributed by atoms with E-state index in [-0.39, 0.29) is 4.75 Å². The Morgan fingerprint density at radius 3 is 2.58 bits per heavy atom. The van der Waals surface area contributed by atoms with Crippen LogP contribution >= 0.6 is 11.8 Å². The first kappa shape index (κ1) is 9.52. The molecule has 1 heterocycles. The number of thioether (sulfide) groups is 1. The van der Waals surface area contributed by atoms with Crippen molar-refractivity contribution in [2.75, 3.05) is 12.8 Å². The Balaban J connectivity index is 2.93. The second-order valence-corrected chi connectivity index (χ2v) is 4.63. The summed E-state index contributed by atoms with van der Waals surface area (Å²) >= 11 is 1.89. The fourth-order valence-corrected chi connectivity index (χ4v) is 1.96. The van der Waals surface area contributed by atoms with Crippen LogP contribution in [0.1, 0.15) is 13.8 Å². The molecule has 0 saturated carbocycles. The van der Waals surface area contributed by atoms with Crippen molar-refractivity contribution >= 4 is 24.2 Å². The SMILES string of the molecule is CN=C/C(C)=C(\C=N)C1(C)CS1. The Hall–Kier alpha value is -0.570. The first-order chi connectivity index (χ1) is 5.64. The van der Waals surface area contributed by atoms with E-state index < -0.39 is 0 Å². The molecule has 1 N–H and O–H groups in total. The topological polar surface area (TPSA) is 36.2 Å². The maximum atomic E-state index is 7.31. The number of hydrogen-bond donors (Lipinski definition) is 1. The van der Waals surface area contributed by atoms with Gasteiger partial charge < -0.3 is 5.41 Å². The van der Waals surface area contributed by atoms with E-state index in [4.69, 9.17) is 5.41 Å². The lowest BCUT2D eigenvalue weighted by Crippen LogP contribution is -2.10.